The summed E-state index contributed by atoms with van der Waals surface area (Å²) in [5, 5.41) is 2.83. The molecule has 0 spiro atoms. The van der Waals surface area contributed by atoms with Crippen molar-refractivity contribution in [3.63, 3.8) is 0 Å². The van der Waals surface area contributed by atoms with Crippen LogP contribution in [0.5, 0.6) is 11.5 Å². The van der Waals surface area contributed by atoms with Crippen molar-refractivity contribution in [3.8, 4) is 11.5 Å². The van der Waals surface area contributed by atoms with Crippen molar-refractivity contribution in [3.05, 3.63) is 84.4 Å². The summed E-state index contributed by atoms with van der Waals surface area (Å²) in [5.41, 5.74) is 0.422. The number of rotatable bonds is 9. The summed E-state index contributed by atoms with van der Waals surface area (Å²) in [4.78, 5) is 12.9. The van der Waals surface area contributed by atoms with Gasteiger partial charge in [-0.25, -0.2) is 8.42 Å². The molecule has 3 aromatic carbocycles. The molecule has 0 saturated heterocycles. The van der Waals surface area contributed by atoms with Gasteiger partial charge in [-0.15, -0.1) is 0 Å². The molecule has 31 heavy (non-hydrogen) atoms. The number of benzene rings is 3. The van der Waals surface area contributed by atoms with Gasteiger partial charge in [0.1, 0.15) is 18.1 Å². The molecule has 0 aliphatic carbocycles. The standard InChI is InChI=1S/C23H24N2O5S/c1-17(16-30-19-14-12-18(29-2)13-15-19)24-23(26)21-10-6-7-11-22(21)25-31(27,28)20-8-4-3-5-9-20/h3-15,17,25H,16H2,1-2H3,(H,24,26). The van der Waals surface area contributed by atoms with Crippen LogP contribution < -0.4 is 19.5 Å². The fourth-order valence-corrected chi connectivity index (χ4v) is 3.91. The first-order chi connectivity index (χ1) is 14.9. The topological polar surface area (TPSA) is 93.7 Å². The van der Waals surface area contributed by atoms with E-state index in [1.807, 2.05) is 0 Å². The highest BCUT2D eigenvalue weighted by molar-refractivity contribution is 7.92. The lowest BCUT2D eigenvalue weighted by molar-refractivity contribution is 0.0927. The van der Waals surface area contributed by atoms with Crippen molar-refractivity contribution in [1.29, 1.82) is 0 Å². The van der Waals surface area contributed by atoms with Crippen LogP contribution >= 0.6 is 0 Å². The van der Waals surface area contributed by atoms with Gasteiger partial charge in [-0.1, -0.05) is 30.3 Å². The summed E-state index contributed by atoms with van der Waals surface area (Å²) in [5.74, 6) is 0.971. The normalized spacial score (nSPS) is 11.9. The van der Waals surface area contributed by atoms with Crippen molar-refractivity contribution in [2.24, 2.45) is 0 Å². The maximum absolute atomic E-state index is 12.8. The van der Waals surface area contributed by atoms with Crippen LogP contribution in [0.25, 0.3) is 0 Å². The molecule has 2 N–H and O–H groups in total. The van der Waals surface area contributed by atoms with Crippen LogP contribution in [0.15, 0.2) is 83.8 Å². The summed E-state index contributed by atoms with van der Waals surface area (Å²) in [6, 6.07) is 21.3. The maximum Gasteiger partial charge on any atom is 0.261 e. The van der Waals surface area contributed by atoms with Crippen molar-refractivity contribution >= 4 is 21.6 Å². The van der Waals surface area contributed by atoms with Gasteiger partial charge in [0, 0.05) is 0 Å². The number of hydrogen-bond donors (Lipinski definition) is 2. The summed E-state index contributed by atoms with van der Waals surface area (Å²) in [7, 11) is -2.23. The molecule has 0 heterocycles. The van der Waals surface area contributed by atoms with Crippen molar-refractivity contribution in [2.45, 2.75) is 17.9 Å². The molecule has 1 unspecified atom stereocenters. The molecule has 1 amide bonds. The van der Waals surface area contributed by atoms with E-state index in [-0.39, 0.29) is 28.8 Å². The lowest BCUT2D eigenvalue weighted by Crippen LogP contribution is -2.37. The Hall–Kier alpha value is -3.52. The molecule has 7 nitrogen and oxygen atoms in total. The van der Waals surface area contributed by atoms with Crippen LogP contribution in [0.4, 0.5) is 5.69 Å². The molecule has 0 aliphatic heterocycles. The number of hydrogen-bond acceptors (Lipinski definition) is 5. The highest BCUT2D eigenvalue weighted by Gasteiger charge is 2.19. The molecule has 162 valence electrons. The number of carbonyl (C=O) groups excluding carboxylic acids is 1. The SMILES string of the molecule is COc1ccc(OCC(C)NC(=O)c2ccccc2NS(=O)(=O)c2ccccc2)cc1. The van der Waals surface area contributed by atoms with E-state index in [1.54, 1.807) is 80.8 Å². The average Bonchev–Trinajstić information content (AvgIpc) is 2.78. The smallest absolute Gasteiger partial charge is 0.261 e. The van der Waals surface area contributed by atoms with Gasteiger partial charge in [0.25, 0.3) is 15.9 Å². The molecule has 0 radical (unpaired) electrons. The third-order valence-electron chi connectivity index (χ3n) is 4.41. The second kappa shape index (κ2) is 9.99. The Bertz CT molecular complexity index is 1120. The zero-order valence-electron chi connectivity index (χ0n) is 17.2. The van der Waals surface area contributed by atoms with Crippen molar-refractivity contribution < 1.29 is 22.7 Å². The van der Waals surface area contributed by atoms with Gasteiger partial charge in [0.2, 0.25) is 0 Å². The minimum atomic E-state index is -3.81. The van der Waals surface area contributed by atoms with Gasteiger partial charge in [-0.2, -0.15) is 0 Å². The van der Waals surface area contributed by atoms with E-state index in [0.717, 1.165) is 5.75 Å². The van der Waals surface area contributed by atoms with Crippen molar-refractivity contribution in [2.75, 3.05) is 18.4 Å². The number of ether oxygens (including phenoxy) is 2. The molecule has 0 saturated carbocycles. The van der Waals surface area contributed by atoms with Crippen molar-refractivity contribution in [1.82, 2.24) is 5.32 Å². The number of para-hydroxylation sites is 1. The van der Waals surface area contributed by atoms with E-state index in [4.69, 9.17) is 9.47 Å². The fraction of sp³-hybridized carbons (Fsp3) is 0.174. The van der Waals surface area contributed by atoms with Gasteiger partial charge in [0.05, 0.1) is 29.3 Å². The predicted molar refractivity (Wildman–Crippen MR) is 119 cm³/mol. The number of nitrogens with one attached hydrogen (secondary N) is 2. The first-order valence-corrected chi connectivity index (χ1v) is 11.1. The molecule has 0 bridgehead atoms. The van der Waals surface area contributed by atoms with Gasteiger partial charge in [0.15, 0.2) is 0 Å². The largest absolute Gasteiger partial charge is 0.497 e. The lowest BCUT2D eigenvalue weighted by Gasteiger charge is -2.17. The summed E-state index contributed by atoms with van der Waals surface area (Å²) in [6.07, 6.45) is 0. The Kier molecular flexibility index (Phi) is 7.15. The number of anilines is 1. The minimum Gasteiger partial charge on any atom is -0.497 e. The second-order valence-electron chi connectivity index (χ2n) is 6.83. The predicted octanol–water partition coefficient (Wildman–Crippen LogP) is 3.69. The minimum absolute atomic E-state index is 0.117. The molecule has 0 fully saturated rings. The highest BCUT2D eigenvalue weighted by Crippen LogP contribution is 2.21. The Balaban J connectivity index is 1.65. The molecular formula is C23H24N2O5S. The third kappa shape index (κ3) is 5.99. The first-order valence-electron chi connectivity index (χ1n) is 9.63. The second-order valence-corrected chi connectivity index (χ2v) is 8.51. The van der Waals surface area contributed by atoms with Gasteiger partial charge in [-0.05, 0) is 55.5 Å². The van der Waals surface area contributed by atoms with Gasteiger partial charge < -0.3 is 14.8 Å². The maximum atomic E-state index is 12.8. The highest BCUT2D eigenvalue weighted by atomic mass is 32.2. The Morgan fingerprint density at radius 2 is 1.52 bits per heavy atom. The zero-order valence-corrected chi connectivity index (χ0v) is 18.1. The molecule has 8 heteroatoms. The van der Waals surface area contributed by atoms with Gasteiger partial charge in [-0.3, -0.25) is 9.52 Å². The van der Waals surface area contributed by atoms with E-state index in [1.165, 1.54) is 12.1 Å². The molecule has 1 atom stereocenters. The molecule has 0 aromatic heterocycles. The molecule has 0 aliphatic rings. The van der Waals surface area contributed by atoms with E-state index >= 15 is 0 Å². The van der Waals surface area contributed by atoms with E-state index in [9.17, 15) is 13.2 Å². The zero-order chi connectivity index (χ0) is 22.3. The van der Waals surface area contributed by atoms with Gasteiger partial charge >= 0.3 is 0 Å². The lowest BCUT2D eigenvalue weighted by atomic mass is 10.1. The molecular weight excluding hydrogens is 416 g/mol. The summed E-state index contributed by atoms with van der Waals surface area (Å²) in [6.45, 7) is 2.05. The van der Waals surface area contributed by atoms with E-state index < -0.39 is 15.9 Å². The summed E-state index contributed by atoms with van der Waals surface area (Å²) < 4.78 is 38.6. The molecule has 3 aromatic rings. The number of amides is 1. The number of methoxy groups -OCH3 is 1. The first kappa shape index (κ1) is 22.2. The van der Waals surface area contributed by atoms with Crippen LogP contribution in [-0.4, -0.2) is 34.1 Å². The van der Waals surface area contributed by atoms with Crippen LogP contribution in [-0.2, 0) is 10.0 Å². The van der Waals surface area contributed by atoms with Crippen LogP contribution in [0, 0.1) is 0 Å². The van der Waals surface area contributed by atoms with E-state index in [2.05, 4.69) is 10.0 Å². The Morgan fingerprint density at radius 3 is 2.19 bits per heavy atom. The monoisotopic (exact) mass is 440 g/mol. The molecule has 3 rings (SSSR count). The number of sulfonamides is 1. The average molecular weight is 441 g/mol. The fourth-order valence-electron chi connectivity index (χ4n) is 2.81. The van der Waals surface area contributed by atoms with Crippen LogP contribution in [0.1, 0.15) is 17.3 Å². The Morgan fingerprint density at radius 1 is 0.903 bits per heavy atom. The Labute approximate surface area is 182 Å². The van der Waals surface area contributed by atoms with E-state index in [0.29, 0.717) is 5.75 Å². The van der Waals surface area contributed by atoms with Crippen LogP contribution in [0.2, 0.25) is 0 Å². The summed E-state index contributed by atoms with van der Waals surface area (Å²) >= 11 is 0. The number of carbonyl (C=O) groups is 1. The van der Waals surface area contributed by atoms with Crippen LogP contribution in [0.3, 0.4) is 0 Å². The quantitative estimate of drug-likeness (QED) is 0.529. The third-order valence-corrected chi connectivity index (χ3v) is 5.79.